The second-order valence-electron chi connectivity index (χ2n) is 5.23. The van der Waals surface area contributed by atoms with Crippen molar-refractivity contribution in [1.82, 2.24) is 0 Å². The topological polar surface area (TPSA) is 52.3 Å². The molecule has 0 aromatic rings. The van der Waals surface area contributed by atoms with Gasteiger partial charge in [-0.25, -0.2) is 0 Å². The standard InChI is InChI=1S/C12H25NO2/c1-5-6-9-15-11(14)10(13)7-8-12(2,3)4/h10H,5-9,13H2,1-4H3/t10-/m0/s1. The summed E-state index contributed by atoms with van der Waals surface area (Å²) < 4.78 is 5.05. The highest BCUT2D eigenvalue weighted by atomic mass is 16.5. The lowest BCUT2D eigenvalue weighted by molar-refractivity contribution is -0.145. The fraction of sp³-hybridized carbons (Fsp3) is 0.917. The highest BCUT2D eigenvalue weighted by molar-refractivity contribution is 5.75. The zero-order chi connectivity index (χ0) is 11.9. The van der Waals surface area contributed by atoms with Gasteiger partial charge in [0.25, 0.3) is 0 Å². The third-order valence-electron chi connectivity index (χ3n) is 2.25. The van der Waals surface area contributed by atoms with Crippen LogP contribution in [0.25, 0.3) is 0 Å². The van der Waals surface area contributed by atoms with Gasteiger partial charge in [-0.1, -0.05) is 34.1 Å². The van der Waals surface area contributed by atoms with Crippen molar-refractivity contribution < 1.29 is 9.53 Å². The van der Waals surface area contributed by atoms with Gasteiger partial charge in [0, 0.05) is 0 Å². The number of esters is 1. The van der Waals surface area contributed by atoms with E-state index in [-0.39, 0.29) is 11.4 Å². The van der Waals surface area contributed by atoms with E-state index in [0.29, 0.717) is 13.0 Å². The lowest BCUT2D eigenvalue weighted by atomic mass is 9.89. The van der Waals surface area contributed by atoms with E-state index in [4.69, 9.17) is 10.5 Å². The van der Waals surface area contributed by atoms with Crippen molar-refractivity contribution in [2.24, 2.45) is 11.1 Å². The average molecular weight is 215 g/mol. The van der Waals surface area contributed by atoms with Crippen molar-refractivity contribution in [1.29, 1.82) is 0 Å². The molecule has 0 aliphatic heterocycles. The Balaban J connectivity index is 3.70. The summed E-state index contributed by atoms with van der Waals surface area (Å²) in [6.45, 7) is 8.98. The van der Waals surface area contributed by atoms with E-state index >= 15 is 0 Å². The fourth-order valence-electron chi connectivity index (χ4n) is 1.13. The van der Waals surface area contributed by atoms with Crippen molar-refractivity contribution >= 4 is 5.97 Å². The van der Waals surface area contributed by atoms with Crippen LogP contribution in [-0.2, 0) is 9.53 Å². The van der Waals surface area contributed by atoms with Gasteiger partial charge in [0.1, 0.15) is 6.04 Å². The molecule has 0 aliphatic rings. The maximum absolute atomic E-state index is 11.4. The Morgan fingerprint density at radius 1 is 1.40 bits per heavy atom. The lowest BCUT2D eigenvalue weighted by Crippen LogP contribution is -2.33. The van der Waals surface area contributed by atoms with Crippen LogP contribution < -0.4 is 5.73 Å². The van der Waals surface area contributed by atoms with Crippen LogP contribution in [0.5, 0.6) is 0 Å². The van der Waals surface area contributed by atoms with Crippen molar-refractivity contribution in [2.75, 3.05) is 6.61 Å². The molecule has 0 spiro atoms. The first kappa shape index (κ1) is 14.4. The molecule has 0 aromatic carbocycles. The monoisotopic (exact) mass is 215 g/mol. The molecule has 0 amide bonds. The second-order valence-corrected chi connectivity index (χ2v) is 5.23. The van der Waals surface area contributed by atoms with Gasteiger partial charge in [-0.2, -0.15) is 0 Å². The minimum absolute atomic E-state index is 0.224. The molecule has 15 heavy (non-hydrogen) atoms. The largest absolute Gasteiger partial charge is 0.465 e. The number of hydrogen-bond acceptors (Lipinski definition) is 3. The Labute approximate surface area is 93.4 Å². The summed E-state index contributed by atoms with van der Waals surface area (Å²) in [7, 11) is 0. The first-order valence-corrected chi connectivity index (χ1v) is 5.79. The van der Waals surface area contributed by atoms with Gasteiger partial charge >= 0.3 is 5.97 Å². The van der Waals surface area contributed by atoms with E-state index < -0.39 is 6.04 Å². The van der Waals surface area contributed by atoms with Crippen molar-refractivity contribution in [3.8, 4) is 0 Å². The zero-order valence-corrected chi connectivity index (χ0v) is 10.5. The molecule has 0 radical (unpaired) electrons. The van der Waals surface area contributed by atoms with Gasteiger partial charge in [-0.3, -0.25) is 4.79 Å². The van der Waals surface area contributed by atoms with Gasteiger partial charge in [-0.15, -0.1) is 0 Å². The Kier molecular flexibility index (Phi) is 6.57. The number of carbonyl (C=O) groups excluding carboxylic acids is 1. The molecule has 3 nitrogen and oxygen atoms in total. The third-order valence-corrected chi connectivity index (χ3v) is 2.25. The van der Waals surface area contributed by atoms with Crippen molar-refractivity contribution in [3.05, 3.63) is 0 Å². The molecule has 0 rings (SSSR count). The predicted molar refractivity (Wildman–Crippen MR) is 62.5 cm³/mol. The highest BCUT2D eigenvalue weighted by Crippen LogP contribution is 2.21. The highest BCUT2D eigenvalue weighted by Gasteiger charge is 2.18. The van der Waals surface area contributed by atoms with E-state index in [2.05, 4.69) is 27.7 Å². The smallest absolute Gasteiger partial charge is 0.322 e. The molecule has 90 valence electrons. The van der Waals surface area contributed by atoms with Crippen LogP contribution in [0, 0.1) is 5.41 Å². The Bertz CT molecular complexity index is 185. The number of rotatable bonds is 6. The molecule has 0 fully saturated rings. The first-order valence-electron chi connectivity index (χ1n) is 5.79. The van der Waals surface area contributed by atoms with Crippen LogP contribution in [0.1, 0.15) is 53.4 Å². The maximum Gasteiger partial charge on any atom is 0.322 e. The number of nitrogens with two attached hydrogens (primary N) is 1. The molecule has 0 aromatic heterocycles. The normalized spacial score (nSPS) is 13.7. The molecule has 3 heteroatoms. The molecule has 0 saturated carbocycles. The van der Waals surface area contributed by atoms with Crippen LogP contribution in [0.4, 0.5) is 0 Å². The van der Waals surface area contributed by atoms with Crippen LogP contribution >= 0.6 is 0 Å². The summed E-state index contributed by atoms with van der Waals surface area (Å²) in [5, 5.41) is 0. The Morgan fingerprint density at radius 3 is 2.47 bits per heavy atom. The van der Waals surface area contributed by atoms with Gasteiger partial charge < -0.3 is 10.5 Å². The van der Waals surface area contributed by atoms with Crippen molar-refractivity contribution in [3.63, 3.8) is 0 Å². The molecule has 2 N–H and O–H groups in total. The molecule has 0 saturated heterocycles. The summed E-state index contributed by atoms with van der Waals surface area (Å²) in [6.07, 6.45) is 3.59. The summed E-state index contributed by atoms with van der Waals surface area (Å²) in [5.41, 5.74) is 5.96. The molecule has 0 bridgehead atoms. The van der Waals surface area contributed by atoms with E-state index in [1.165, 1.54) is 0 Å². The molecule has 0 unspecified atom stereocenters. The summed E-state index contributed by atoms with van der Waals surface area (Å²) in [4.78, 5) is 11.4. The SMILES string of the molecule is CCCCOC(=O)[C@@H](N)CCC(C)(C)C. The lowest BCUT2D eigenvalue weighted by Gasteiger charge is -2.20. The fourth-order valence-corrected chi connectivity index (χ4v) is 1.13. The average Bonchev–Trinajstić information content (AvgIpc) is 2.13. The van der Waals surface area contributed by atoms with Gasteiger partial charge in [0.2, 0.25) is 0 Å². The molecule has 1 atom stereocenters. The molecule has 0 aliphatic carbocycles. The van der Waals surface area contributed by atoms with Crippen LogP contribution in [0.15, 0.2) is 0 Å². The van der Waals surface area contributed by atoms with Gasteiger partial charge in [0.15, 0.2) is 0 Å². The first-order chi connectivity index (χ1) is 6.87. The maximum atomic E-state index is 11.4. The van der Waals surface area contributed by atoms with E-state index in [1.807, 2.05) is 0 Å². The molecule has 0 heterocycles. The predicted octanol–water partition coefficient (Wildman–Crippen LogP) is 2.48. The number of ether oxygens (including phenoxy) is 1. The van der Waals surface area contributed by atoms with Crippen LogP contribution in [-0.4, -0.2) is 18.6 Å². The summed E-state index contributed by atoms with van der Waals surface area (Å²) in [6, 6.07) is -0.457. The Morgan fingerprint density at radius 2 is 2.00 bits per heavy atom. The van der Waals surface area contributed by atoms with Gasteiger partial charge in [0.05, 0.1) is 6.61 Å². The van der Waals surface area contributed by atoms with Crippen LogP contribution in [0.2, 0.25) is 0 Å². The van der Waals surface area contributed by atoms with Gasteiger partial charge in [-0.05, 0) is 24.7 Å². The van der Waals surface area contributed by atoms with Crippen molar-refractivity contribution in [2.45, 2.75) is 59.4 Å². The zero-order valence-electron chi connectivity index (χ0n) is 10.5. The minimum Gasteiger partial charge on any atom is -0.465 e. The third kappa shape index (κ3) is 8.43. The molecular weight excluding hydrogens is 190 g/mol. The van der Waals surface area contributed by atoms with E-state index in [0.717, 1.165) is 19.3 Å². The summed E-state index contributed by atoms with van der Waals surface area (Å²) in [5.74, 6) is -0.257. The summed E-state index contributed by atoms with van der Waals surface area (Å²) >= 11 is 0. The number of hydrogen-bond donors (Lipinski definition) is 1. The van der Waals surface area contributed by atoms with E-state index in [9.17, 15) is 4.79 Å². The molecular formula is C12H25NO2. The second kappa shape index (κ2) is 6.83. The number of carbonyl (C=O) groups is 1. The van der Waals surface area contributed by atoms with E-state index in [1.54, 1.807) is 0 Å². The Hall–Kier alpha value is -0.570. The number of unbranched alkanes of at least 4 members (excludes halogenated alkanes) is 1. The quantitative estimate of drug-likeness (QED) is 0.547. The van der Waals surface area contributed by atoms with Crippen LogP contribution in [0.3, 0.4) is 0 Å². The minimum atomic E-state index is -0.457.